The monoisotopic (exact) mass is 346 g/mol. The Morgan fingerprint density at radius 3 is 2.50 bits per heavy atom. The number of likely N-dealkylation sites (N-methyl/N-ethyl adjacent to an activating group) is 1. The molecule has 0 aliphatic heterocycles. The Morgan fingerprint density at radius 2 is 1.96 bits per heavy atom. The molecule has 1 unspecified atom stereocenters. The zero-order valence-electron chi connectivity index (χ0n) is 14.8. The molecule has 0 fully saturated rings. The number of ether oxygens (including phenoxy) is 1. The molecule has 0 saturated heterocycles. The molecule has 1 atom stereocenters. The second-order valence-electron chi connectivity index (χ2n) is 6.37. The van der Waals surface area contributed by atoms with Crippen molar-refractivity contribution in [1.29, 1.82) is 0 Å². The third-order valence-corrected chi connectivity index (χ3v) is 4.64. The van der Waals surface area contributed by atoms with E-state index in [0.29, 0.717) is 12.5 Å². The molecule has 0 bridgehead atoms. The highest BCUT2D eigenvalue weighted by molar-refractivity contribution is 7.07. The third kappa shape index (κ3) is 5.35. The summed E-state index contributed by atoms with van der Waals surface area (Å²) in [6, 6.07) is 9.97. The minimum absolute atomic E-state index is 0.00189. The fourth-order valence-electron chi connectivity index (χ4n) is 2.66. The maximum Gasteiger partial charge on any atom is 0.234 e. The molecule has 1 N–H and O–H groups in total. The van der Waals surface area contributed by atoms with Gasteiger partial charge in [0.15, 0.2) is 0 Å². The number of carbonyl (C=O) groups is 1. The highest BCUT2D eigenvalue weighted by atomic mass is 32.1. The van der Waals surface area contributed by atoms with Crippen molar-refractivity contribution in [2.45, 2.75) is 26.4 Å². The number of rotatable bonds is 8. The van der Waals surface area contributed by atoms with Crippen LogP contribution in [0.15, 0.2) is 41.1 Å². The summed E-state index contributed by atoms with van der Waals surface area (Å²) in [5.41, 5.74) is 2.34. The van der Waals surface area contributed by atoms with Gasteiger partial charge in [0, 0.05) is 6.54 Å². The largest absolute Gasteiger partial charge is 0.497 e. The van der Waals surface area contributed by atoms with Crippen LogP contribution in [0.25, 0.3) is 0 Å². The lowest BCUT2D eigenvalue weighted by Gasteiger charge is -2.25. The van der Waals surface area contributed by atoms with Crippen molar-refractivity contribution in [3.63, 3.8) is 0 Å². The van der Waals surface area contributed by atoms with Crippen molar-refractivity contribution in [3.05, 3.63) is 52.2 Å². The smallest absolute Gasteiger partial charge is 0.234 e. The number of hydrogen-bond acceptors (Lipinski definition) is 4. The summed E-state index contributed by atoms with van der Waals surface area (Å²) in [6.45, 7) is 5.40. The molecular formula is C19H26N2O2S. The van der Waals surface area contributed by atoms with Crippen molar-refractivity contribution in [2.75, 3.05) is 20.7 Å². The first-order valence-corrected chi connectivity index (χ1v) is 9.06. The normalized spacial score (nSPS) is 12.4. The lowest BCUT2D eigenvalue weighted by Crippen LogP contribution is -2.38. The van der Waals surface area contributed by atoms with Crippen LogP contribution in [0.2, 0.25) is 0 Å². The molecule has 0 aliphatic rings. The first kappa shape index (κ1) is 18.5. The lowest BCUT2D eigenvalue weighted by atomic mass is 9.96. The predicted molar refractivity (Wildman–Crippen MR) is 99.4 cm³/mol. The van der Waals surface area contributed by atoms with Crippen LogP contribution in [0.1, 0.15) is 31.0 Å². The van der Waals surface area contributed by atoms with Crippen LogP contribution in [0.3, 0.4) is 0 Å². The number of thiophene rings is 1. The molecule has 5 heteroatoms. The van der Waals surface area contributed by atoms with Gasteiger partial charge in [0.05, 0.1) is 19.7 Å². The summed E-state index contributed by atoms with van der Waals surface area (Å²) >= 11 is 1.68. The average Bonchev–Trinajstić information content (AvgIpc) is 3.05. The van der Waals surface area contributed by atoms with Crippen LogP contribution in [-0.2, 0) is 11.3 Å². The molecule has 1 heterocycles. The number of hydrogen-bond donors (Lipinski definition) is 1. The van der Waals surface area contributed by atoms with Crippen LogP contribution in [0, 0.1) is 5.92 Å². The summed E-state index contributed by atoms with van der Waals surface area (Å²) < 4.78 is 5.20. The minimum Gasteiger partial charge on any atom is -0.497 e. The third-order valence-electron chi connectivity index (χ3n) is 3.90. The Hall–Kier alpha value is -1.85. The quantitative estimate of drug-likeness (QED) is 0.792. The first-order valence-electron chi connectivity index (χ1n) is 8.12. The Morgan fingerprint density at radius 1 is 1.25 bits per heavy atom. The zero-order chi connectivity index (χ0) is 17.5. The highest BCUT2D eigenvalue weighted by Gasteiger charge is 2.19. The fraction of sp³-hybridized carbons (Fsp3) is 0.421. The summed E-state index contributed by atoms with van der Waals surface area (Å²) in [7, 11) is 3.62. The van der Waals surface area contributed by atoms with E-state index in [9.17, 15) is 4.79 Å². The summed E-state index contributed by atoms with van der Waals surface area (Å²) in [5.74, 6) is 1.18. The van der Waals surface area contributed by atoms with E-state index >= 15 is 0 Å². The van der Waals surface area contributed by atoms with Crippen LogP contribution >= 0.6 is 11.3 Å². The number of amides is 1. The van der Waals surface area contributed by atoms with Gasteiger partial charge in [-0.25, -0.2) is 0 Å². The molecule has 130 valence electrons. The van der Waals surface area contributed by atoms with Gasteiger partial charge < -0.3 is 10.1 Å². The maximum absolute atomic E-state index is 12.4. The Bertz CT molecular complexity index is 623. The van der Waals surface area contributed by atoms with Gasteiger partial charge in [-0.1, -0.05) is 26.0 Å². The van der Waals surface area contributed by atoms with Crippen LogP contribution < -0.4 is 10.1 Å². The van der Waals surface area contributed by atoms with Gasteiger partial charge in [0.25, 0.3) is 0 Å². The van der Waals surface area contributed by atoms with Crippen molar-refractivity contribution in [3.8, 4) is 5.75 Å². The van der Waals surface area contributed by atoms with E-state index in [-0.39, 0.29) is 11.9 Å². The predicted octanol–water partition coefficient (Wildman–Crippen LogP) is 3.70. The second-order valence-corrected chi connectivity index (χ2v) is 7.15. The van der Waals surface area contributed by atoms with Gasteiger partial charge in [0.1, 0.15) is 5.75 Å². The van der Waals surface area contributed by atoms with Gasteiger partial charge in [-0.3, -0.25) is 9.69 Å². The highest BCUT2D eigenvalue weighted by Crippen LogP contribution is 2.23. The number of benzene rings is 1. The molecule has 0 radical (unpaired) electrons. The summed E-state index contributed by atoms with van der Waals surface area (Å²) in [4.78, 5) is 14.4. The van der Waals surface area contributed by atoms with Crippen LogP contribution in [0.4, 0.5) is 0 Å². The molecular weight excluding hydrogens is 320 g/mol. The molecule has 1 aromatic heterocycles. The Balaban J connectivity index is 1.94. The van der Waals surface area contributed by atoms with E-state index in [2.05, 4.69) is 36.0 Å². The van der Waals surface area contributed by atoms with Crippen molar-refractivity contribution < 1.29 is 9.53 Å². The van der Waals surface area contributed by atoms with Gasteiger partial charge in [-0.15, -0.1) is 0 Å². The average molecular weight is 346 g/mol. The number of methoxy groups -OCH3 is 1. The molecule has 2 rings (SSSR count). The number of carbonyl (C=O) groups excluding carboxylic acids is 1. The Labute approximate surface area is 148 Å². The van der Waals surface area contributed by atoms with Gasteiger partial charge >= 0.3 is 0 Å². The molecule has 4 nitrogen and oxygen atoms in total. The van der Waals surface area contributed by atoms with Gasteiger partial charge in [-0.05, 0) is 53.1 Å². The van der Waals surface area contributed by atoms with Crippen LogP contribution in [-0.4, -0.2) is 31.5 Å². The van der Waals surface area contributed by atoms with E-state index in [4.69, 9.17) is 4.74 Å². The first-order chi connectivity index (χ1) is 11.5. The second kappa shape index (κ2) is 8.85. The van der Waals surface area contributed by atoms with Crippen LogP contribution in [0.5, 0.6) is 5.75 Å². The molecule has 1 amide bonds. The molecule has 2 aromatic rings. The van der Waals surface area contributed by atoms with Crippen molar-refractivity contribution in [2.24, 2.45) is 5.92 Å². The van der Waals surface area contributed by atoms with E-state index in [1.807, 2.05) is 36.2 Å². The van der Waals surface area contributed by atoms with E-state index < -0.39 is 0 Å². The maximum atomic E-state index is 12.4. The fourth-order valence-corrected chi connectivity index (χ4v) is 3.32. The van der Waals surface area contributed by atoms with E-state index in [1.165, 1.54) is 5.56 Å². The Kier molecular flexibility index (Phi) is 6.82. The van der Waals surface area contributed by atoms with Gasteiger partial charge in [0.2, 0.25) is 5.91 Å². The number of nitrogens with one attached hydrogen (secondary N) is 1. The van der Waals surface area contributed by atoms with E-state index in [0.717, 1.165) is 17.9 Å². The standard InChI is InChI=1S/C19H26N2O2S/c1-14(2)19(16-5-7-17(23-4)8-6-16)20-18(22)12-21(3)11-15-9-10-24-13-15/h5-10,13-14,19H,11-12H2,1-4H3,(H,20,22). The SMILES string of the molecule is COc1ccc(C(NC(=O)CN(C)Cc2ccsc2)C(C)C)cc1. The lowest BCUT2D eigenvalue weighted by molar-refractivity contribution is -0.123. The molecule has 0 spiro atoms. The molecule has 24 heavy (non-hydrogen) atoms. The molecule has 0 aliphatic carbocycles. The summed E-state index contributed by atoms with van der Waals surface area (Å²) in [6.07, 6.45) is 0. The number of nitrogens with zero attached hydrogens (tertiary/aromatic N) is 1. The minimum atomic E-state index is -0.00189. The molecule has 1 aromatic carbocycles. The van der Waals surface area contributed by atoms with Crippen molar-refractivity contribution >= 4 is 17.2 Å². The van der Waals surface area contributed by atoms with Gasteiger partial charge in [-0.2, -0.15) is 11.3 Å². The zero-order valence-corrected chi connectivity index (χ0v) is 15.6. The van der Waals surface area contributed by atoms with Crippen molar-refractivity contribution in [1.82, 2.24) is 10.2 Å². The topological polar surface area (TPSA) is 41.6 Å². The van der Waals surface area contributed by atoms with E-state index in [1.54, 1.807) is 18.4 Å². The summed E-state index contributed by atoms with van der Waals surface area (Å²) in [5, 5.41) is 7.33. The molecule has 0 saturated carbocycles.